The molecule has 34 heavy (non-hydrogen) atoms. The lowest BCUT2D eigenvalue weighted by molar-refractivity contribution is -0.113. The van der Waals surface area contributed by atoms with Gasteiger partial charge in [-0.3, -0.25) is 14.2 Å². The number of rotatable bonds is 8. The molecule has 174 valence electrons. The quantitative estimate of drug-likeness (QED) is 0.265. The normalized spacial score (nSPS) is 11.9. The summed E-state index contributed by atoms with van der Waals surface area (Å²) in [5, 5.41) is 3.91. The molecule has 4 aromatic rings. The molecule has 7 heteroatoms. The first-order chi connectivity index (χ1) is 16.5. The van der Waals surface area contributed by atoms with Crippen molar-refractivity contribution < 1.29 is 9.53 Å². The Morgan fingerprint density at radius 2 is 1.76 bits per heavy atom. The Kier molecular flexibility index (Phi) is 7.33. The van der Waals surface area contributed by atoms with Crippen LogP contribution in [0.2, 0.25) is 0 Å². The van der Waals surface area contributed by atoms with Crippen molar-refractivity contribution in [2.24, 2.45) is 0 Å². The lowest BCUT2D eigenvalue weighted by atomic mass is 9.99. The highest BCUT2D eigenvalue weighted by Gasteiger charge is 2.15. The van der Waals surface area contributed by atoms with Crippen molar-refractivity contribution >= 4 is 34.3 Å². The highest BCUT2D eigenvalue weighted by molar-refractivity contribution is 7.99. The van der Waals surface area contributed by atoms with Gasteiger partial charge in [0.1, 0.15) is 5.75 Å². The summed E-state index contributed by atoms with van der Waals surface area (Å²) in [6, 6.07) is 22.4. The third-order valence-electron chi connectivity index (χ3n) is 5.78. The van der Waals surface area contributed by atoms with Crippen LogP contribution >= 0.6 is 11.8 Å². The van der Waals surface area contributed by atoms with E-state index in [2.05, 4.69) is 24.1 Å². The minimum absolute atomic E-state index is 0.119. The highest BCUT2D eigenvalue weighted by atomic mass is 32.2. The molecule has 0 fully saturated rings. The summed E-state index contributed by atoms with van der Waals surface area (Å²) in [5.74, 6) is 1.13. The minimum Gasteiger partial charge on any atom is -0.497 e. The zero-order valence-corrected chi connectivity index (χ0v) is 20.3. The van der Waals surface area contributed by atoms with Crippen LogP contribution in [0.3, 0.4) is 0 Å². The monoisotopic (exact) mass is 473 g/mol. The van der Waals surface area contributed by atoms with Crippen LogP contribution in [0.15, 0.2) is 82.7 Å². The summed E-state index contributed by atoms with van der Waals surface area (Å²) in [7, 11) is 1.59. The predicted octanol–water partition coefficient (Wildman–Crippen LogP) is 5.64. The number of fused-ring (bicyclic) bond motifs is 1. The molecule has 6 nitrogen and oxygen atoms in total. The highest BCUT2D eigenvalue weighted by Crippen LogP contribution is 2.24. The Bertz CT molecular complexity index is 1350. The summed E-state index contributed by atoms with van der Waals surface area (Å²) in [6.45, 7) is 4.34. The molecule has 3 aromatic carbocycles. The number of para-hydroxylation sites is 1. The largest absolute Gasteiger partial charge is 0.497 e. The number of methoxy groups -OCH3 is 1. The molecule has 0 aliphatic heterocycles. The van der Waals surface area contributed by atoms with Crippen LogP contribution in [0, 0.1) is 0 Å². The molecule has 0 aliphatic carbocycles. The molecule has 1 N–H and O–H groups in total. The van der Waals surface area contributed by atoms with E-state index in [1.165, 1.54) is 17.3 Å². The number of carbonyl (C=O) groups excluding carboxylic acids is 1. The summed E-state index contributed by atoms with van der Waals surface area (Å²) in [6.07, 6.45) is 1.07. The molecule has 0 aliphatic rings. The second-order valence-electron chi connectivity index (χ2n) is 8.02. The molecule has 1 atom stereocenters. The molecule has 0 spiro atoms. The van der Waals surface area contributed by atoms with Gasteiger partial charge >= 0.3 is 0 Å². The summed E-state index contributed by atoms with van der Waals surface area (Å²) < 4.78 is 6.78. The number of nitrogens with one attached hydrogen (secondary N) is 1. The molecule has 0 saturated carbocycles. The van der Waals surface area contributed by atoms with Crippen LogP contribution in [0.25, 0.3) is 16.6 Å². The number of benzene rings is 3. The molecular formula is C27H27N3O3S. The van der Waals surface area contributed by atoms with Gasteiger partial charge in [-0.05, 0) is 66.4 Å². The molecule has 0 saturated heterocycles. The SMILES string of the molecule is CC[C@@H](C)c1ccc(NC(=O)CSc2nc3ccccc3c(=O)n2-c2ccc(OC)cc2)cc1. The van der Waals surface area contributed by atoms with Gasteiger partial charge in [-0.1, -0.05) is 49.9 Å². The van der Waals surface area contributed by atoms with E-state index in [0.717, 1.165) is 12.1 Å². The molecular weight excluding hydrogens is 446 g/mol. The van der Waals surface area contributed by atoms with Gasteiger partial charge < -0.3 is 10.1 Å². The number of carbonyl (C=O) groups is 1. The number of aromatic nitrogens is 2. The van der Waals surface area contributed by atoms with Gasteiger partial charge in [-0.2, -0.15) is 0 Å². The second kappa shape index (κ2) is 10.6. The maximum atomic E-state index is 13.3. The van der Waals surface area contributed by atoms with Crippen LogP contribution in [-0.2, 0) is 4.79 Å². The molecule has 1 amide bonds. The van der Waals surface area contributed by atoms with Gasteiger partial charge in [0, 0.05) is 5.69 Å². The van der Waals surface area contributed by atoms with Crippen molar-refractivity contribution in [3.63, 3.8) is 0 Å². The van der Waals surface area contributed by atoms with Crippen molar-refractivity contribution in [1.29, 1.82) is 0 Å². The molecule has 0 radical (unpaired) electrons. The number of hydrogen-bond donors (Lipinski definition) is 1. The lowest BCUT2D eigenvalue weighted by Gasteiger charge is -2.14. The van der Waals surface area contributed by atoms with Crippen molar-refractivity contribution in [2.75, 3.05) is 18.2 Å². The Hall–Kier alpha value is -3.58. The Balaban J connectivity index is 1.58. The second-order valence-corrected chi connectivity index (χ2v) is 8.96. The maximum absolute atomic E-state index is 13.3. The standard InChI is InChI=1S/C27H27N3O3S/c1-4-18(2)19-9-11-20(12-10-19)28-25(31)17-34-27-29-24-8-6-5-7-23(24)26(32)30(27)21-13-15-22(33-3)16-14-21/h5-16,18H,4,17H2,1-3H3,(H,28,31)/t18-/m1/s1. The van der Waals surface area contributed by atoms with Gasteiger partial charge in [0.05, 0.1) is 29.5 Å². The van der Waals surface area contributed by atoms with Crippen LogP contribution < -0.4 is 15.6 Å². The van der Waals surface area contributed by atoms with Crippen LogP contribution in [0.4, 0.5) is 5.69 Å². The molecule has 4 rings (SSSR count). The van der Waals surface area contributed by atoms with Crippen LogP contribution in [-0.4, -0.2) is 28.3 Å². The summed E-state index contributed by atoms with van der Waals surface area (Å²) >= 11 is 1.23. The zero-order valence-electron chi connectivity index (χ0n) is 19.4. The smallest absolute Gasteiger partial charge is 0.266 e. The molecule has 0 unspecified atom stereocenters. The number of thioether (sulfide) groups is 1. The first-order valence-electron chi connectivity index (χ1n) is 11.2. The number of amides is 1. The number of ether oxygens (including phenoxy) is 1. The first kappa shape index (κ1) is 23.6. The van der Waals surface area contributed by atoms with Crippen LogP contribution in [0.1, 0.15) is 31.7 Å². The zero-order chi connectivity index (χ0) is 24.1. The first-order valence-corrected chi connectivity index (χ1v) is 12.2. The van der Waals surface area contributed by atoms with E-state index in [4.69, 9.17) is 4.74 Å². The Morgan fingerprint density at radius 3 is 2.44 bits per heavy atom. The summed E-state index contributed by atoms with van der Waals surface area (Å²) in [4.78, 5) is 30.7. The number of hydrogen-bond acceptors (Lipinski definition) is 5. The summed E-state index contributed by atoms with van der Waals surface area (Å²) in [5.41, 5.74) is 3.07. The number of nitrogens with zero attached hydrogens (tertiary/aromatic N) is 2. The van der Waals surface area contributed by atoms with Crippen LogP contribution in [0.5, 0.6) is 5.75 Å². The lowest BCUT2D eigenvalue weighted by Crippen LogP contribution is -2.23. The fourth-order valence-electron chi connectivity index (χ4n) is 3.63. The van der Waals surface area contributed by atoms with Gasteiger partial charge in [-0.15, -0.1) is 0 Å². The van der Waals surface area contributed by atoms with E-state index in [1.54, 1.807) is 48.1 Å². The van der Waals surface area contributed by atoms with E-state index in [-0.39, 0.29) is 17.2 Å². The Morgan fingerprint density at radius 1 is 1.06 bits per heavy atom. The van der Waals surface area contributed by atoms with E-state index in [1.807, 2.05) is 36.4 Å². The Labute approximate surface area is 203 Å². The third kappa shape index (κ3) is 5.15. The molecule has 0 bridgehead atoms. The van der Waals surface area contributed by atoms with Crippen molar-refractivity contribution in [1.82, 2.24) is 9.55 Å². The molecule has 1 aromatic heterocycles. The van der Waals surface area contributed by atoms with Gasteiger partial charge in [0.2, 0.25) is 5.91 Å². The predicted molar refractivity (Wildman–Crippen MR) is 138 cm³/mol. The fraction of sp³-hybridized carbons (Fsp3) is 0.222. The van der Waals surface area contributed by atoms with E-state index in [9.17, 15) is 9.59 Å². The average molecular weight is 474 g/mol. The minimum atomic E-state index is -0.181. The maximum Gasteiger partial charge on any atom is 0.266 e. The van der Waals surface area contributed by atoms with Crippen molar-refractivity contribution in [3.05, 3.63) is 88.7 Å². The van der Waals surface area contributed by atoms with Gasteiger partial charge in [-0.25, -0.2) is 4.98 Å². The van der Waals surface area contributed by atoms with Gasteiger partial charge in [0.25, 0.3) is 5.56 Å². The number of anilines is 1. The van der Waals surface area contributed by atoms with Crippen molar-refractivity contribution in [3.8, 4) is 11.4 Å². The fourth-order valence-corrected chi connectivity index (χ4v) is 4.44. The van der Waals surface area contributed by atoms with Crippen molar-refractivity contribution in [2.45, 2.75) is 31.3 Å². The van der Waals surface area contributed by atoms with E-state index in [0.29, 0.717) is 33.4 Å². The topological polar surface area (TPSA) is 73.2 Å². The van der Waals surface area contributed by atoms with E-state index >= 15 is 0 Å². The van der Waals surface area contributed by atoms with Gasteiger partial charge in [0.15, 0.2) is 5.16 Å². The average Bonchev–Trinajstić information content (AvgIpc) is 2.87. The third-order valence-corrected chi connectivity index (χ3v) is 6.72. The van der Waals surface area contributed by atoms with E-state index < -0.39 is 0 Å². The molecule has 1 heterocycles.